The number of aromatic nitrogens is 3. The highest BCUT2D eigenvalue weighted by Gasteiger charge is 2.11. The molecule has 0 bridgehead atoms. The van der Waals surface area contributed by atoms with Crippen LogP contribution in [0.25, 0.3) is 0 Å². The first kappa shape index (κ1) is 14.6. The van der Waals surface area contributed by atoms with Crippen LogP contribution in [0.1, 0.15) is 16.2 Å². The molecule has 0 unspecified atom stereocenters. The lowest BCUT2D eigenvalue weighted by Gasteiger charge is -2.06. The minimum atomic E-state index is -0.442. The summed E-state index contributed by atoms with van der Waals surface area (Å²) in [5.74, 6) is 0.330. The molecule has 0 aliphatic rings. The molecule has 8 heteroatoms. The van der Waals surface area contributed by atoms with Gasteiger partial charge in [0.15, 0.2) is 5.82 Å². The predicted octanol–water partition coefficient (Wildman–Crippen LogP) is 2.91. The zero-order chi connectivity index (χ0) is 16.2. The minimum absolute atomic E-state index is 0.158. The number of carbonyl (C=O) groups is 1. The Morgan fingerprint density at radius 1 is 1.22 bits per heavy atom. The zero-order valence-electron chi connectivity index (χ0n) is 12.1. The molecule has 23 heavy (non-hydrogen) atoms. The molecule has 0 fully saturated rings. The number of nitrogens with one attached hydrogen (secondary N) is 2. The number of halogens is 1. The van der Waals surface area contributed by atoms with E-state index in [0.29, 0.717) is 17.3 Å². The molecule has 116 valence electrons. The zero-order valence-corrected chi connectivity index (χ0v) is 12.1. The molecule has 7 nitrogen and oxygen atoms in total. The van der Waals surface area contributed by atoms with Crippen LogP contribution in [0.15, 0.2) is 47.1 Å². The van der Waals surface area contributed by atoms with Crippen molar-refractivity contribution in [2.24, 2.45) is 0 Å². The third-order valence-corrected chi connectivity index (χ3v) is 2.86. The van der Waals surface area contributed by atoms with Gasteiger partial charge in [-0.25, -0.2) is 14.4 Å². The van der Waals surface area contributed by atoms with Gasteiger partial charge in [0, 0.05) is 18.0 Å². The molecular weight excluding hydrogens is 301 g/mol. The van der Waals surface area contributed by atoms with Gasteiger partial charge in [-0.2, -0.15) is 0 Å². The van der Waals surface area contributed by atoms with Crippen LogP contribution in [0.2, 0.25) is 0 Å². The number of nitrogens with zero attached hydrogens (tertiary/aromatic N) is 3. The van der Waals surface area contributed by atoms with Gasteiger partial charge in [0.05, 0.1) is 0 Å². The van der Waals surface area contributed by atoms with E-state index in [9.17, 15) is 9.18 Å². The Balaban J connectivity index is 1.73. The minimum Gasteiger partial charge on any atom is -0.360 e. The summed E-state index contributed by atoms with van der Waals surface area (Å²) in [6.07, 6.45) is 1.45. The molecule has 2 N–H and O–H groups in total. The van der Waals surface area contributed by atoms with Gasteiger partial charge in [-0.15, -0.1) is 0 Å². The fourth-order valence-electron chi connectivity index (χ4n) is 1.81. The second kappa shape index (κ2) is 6.22. The van der Waals surface area contributed by atoms with Crippen LogP contribution >= 0.6 is 0 Å². The highest BCUT2D eigenvalue weighted by atomic mass is 19.1. The Hall–Kier alpha value is -3.29. The number of anilines is 3. The van der Waals surface area contributed by atoms with Crippen molar-refractivity contribution in [1.29, 1.82) is 0 Å². The van der Waals surface area contributed by atoms with E-state index in [0.717, 1.165) is 0 Å². The fourth-order valence-corrected chi connectivity index (χ4v) is 1.81. The van der Waals surface area contributed by atoms with Crippen molar-refractivity contribution < 1.29 is 13.7 Å². The standard InChI is InChI=1S/C15H12FN5O2/c1-9-8-13(21-23-9)20-14(22)12-6-7-17-15(19-12)18-11-4-2-10(16)3-5-11/h2-8H,1H3,(H,17,18,19)(H,20,21,22). The molecule has 0 aliphatic carbocycles. The van der Waals surface area contributed by atoms with Crippen molar-refractivity contribution in [2.75, 3.05) is 10.6 Å². The Kier molecular flexibility index (Phi) is 3.96. The second-order valence-electron chi connectivity index (χ2n) is 4.67. The Labute approximate surface area is 130 Å². The summed E-state index contributed by atoms with van der Waals surface area (Å²) in [7, 11) is 0. The highest BCUT2D eigenvalue weighted by Crippen LogP contribution is 2.14. The summed E-state index contributed by atoms with van der Waals surface area (Å²) in [5, 5.41) is 9.14. The maximum Gasteiger partial charge on any atom is 0.275 e. The number of hydrogen-bond acceptors (Lipinski definition) is 6. The van der Waals surface area contributed by atoms with Gasteiger partial charge in [-0.1, -0.05) is 5.16 Å². The number of aryl methyl sites for hydroxylation is 1. The molecule has 2 aromatic heterocycles. The molecule has 2 heterocycles. The number of hydrogen-bond donors (Lipinski definition) is 2. The summed E-state index contributed by atoms with van der Waals surface area (Å²) in [6.45, 7) is 1.72. The topological polar surface area (TPSA) is 92.9 Å². The van der Waals surface area contributed by atoms with Crippen LogP contribution in [-0.2, 0) is 0 Å². The van der Waals surface area contributed by atoms with Crippen LogP contribution in [0.5, 0.6) is 0 Å². The van der Waals surface area contributed by atoms with E-state index >= 15 is 0 Å². The third kappa shape index (κ3) is 3.67. The quantitative estimate of drug-likeness (QED) is 0.769. The smallest absolute Gasteiger partial charge is 0.275 e. The van der Waals surface area contributed by atoms with Crippen LogP contribution in [0.4, 0.5) is 21.8 Å². The summed E-state index contributed by atoms with van der Waals surface area (Å²) in [6, 6.07) is 8.78. The molecule has 1 amide bonds. The number of amides is 1. The monoisotopic (exact) mass is 313 g/mol. The van der Waals surface area contributed by atoms with E-state index in [4.69, 9.17) is 4.52 Å². The van der Waals surface area contributed by atoms with Gasteiger partial charge in [0.1, 0.15) is 17.3 Å². The Bertz CT molecular complexity index is 832. The molecule has 0 saturated heterocycles. The van der Waals surface area contributed by atoms with Crippen molar-refractivity contribution in [3.8, 4) is 0 Å². The Morgan fingerprint density at radius 3 is 2.70 bits per heavy atom. The van der Waals surface area contributed by atoms with Gasteiger partial charge < -0.3 is 15.2 Å². The van der Waals surface area contributed by atoms with Crippen molar-refractivity contribution in [3.05, 3.63) is 59.9 Å². The largest absolute Gasteiger partial charge is 0.360 e. The first-order valence-corrected chi connectivity index (χ1v) is 6.70. The van der Waals surface area contributed by atoms with Gasteiger partial charge in [-0.3, -0.25) is 4.79 Å². The van der Waals surface area contributed by atoms with Crippen LogP contribution in [0.3, 0.4) is 0 Å². The number of rotatable bonds is 4. The maximum atomic E-state index is 12.9. The van der Waals surface area contributed by atoms with E-state index < -0.39 is 5.91 Å². The predicted molar refractivity (Wildman–Crippen MR) is 80.9 cm³/mol. The van der Waals surface area contributed by atoms with Crippen molar-refractivity contribution in [3.63, 3.8) is 0 Å². The van der Waals surface area contributed by atoms with E-state index in [-0.39, 0.29) is 17.5 Å². The lowest BCUT2D eigenvalue weighted by molar-refractivity contribution is 0.102. The molecule has 1 aromatic carbocycles. The average Bonchev–Trinajstić information content (AvgIpc) is 2.95. The molecule has 3 aromatic rings. The molecule has 0 atom stereocenters. The van der Waals surface area contributed by atoms with Gasteiger partial charge in [0.25, 0.3) is 5.91 Å². The molecule has 0 saturated carbocycles. The second-order valence-corrected chi connectivity index (χ2v) is 4.67. The molecule has 0 radical (unpaired) electrons. The Morgan fingerprint density at radius 2 is 2.00 bits per heavy atom. The summed E-state index contributed by atoms with van der Waals surface area (Å²) in [5.41, 5.74) is 0.765. The van der Waals surface area contributed by atoms with Crippen LogP contribution < -0.4 is 10.6 Å². The lowest BCUT2D eigenvalue weighted by atomic mass is 10.3. The average molecular weight is 313 g/mol. The molecule has 3 rings (SSSR count). The van der Waals surface area contributed by atoms with Gasteiger partial charge >= 0.3 is 0 Å². The molecule has 0 spiro atoms. The van der Waals surface area contributed by atoms with Crippen LogP contribution in [-0.4, -0.2) is 21.0 Å². The van der Waals surface area contributed by atoms with Crippen molar-refractivity contribution >= 4 is 23.4 Å². The van der Waals surface area contributed by atoms with Crippen molar-refractivity contribution in [2.45, 2.75) is 6.92 Å². The maximum absolute atomic E-state index is 12.9. The lowest BCUT2D eigenvalue weighted by Crippen LogP contribution is -2.15. The summed E-state index contributed by atoms with van der Waals surface area (Å²) >= 11 is 0. The third-order valence-electron chi connectivity index (χ3n) is 2.86. The van der Waals surface area contributed by atoms with E-state index in [1.807, 2.05) is 0 Å². The first-order chi connectivity index (χ1) is 11.1. The van der Waals surface area contributed by atoms with E-state index in [1.54, 1.807) is 25.1 Å². The highest BCUT2D eigenvalue weighted by molar-refractivity contribution is 6.02. The molecular formula is C15H12FN5O2. The molecule has 0 aliphatic heterocycles. The summed E-state index contributed by atoms with van der Waals surface area (Å²) in [4.78, 5) is 20.2. The van der Waals surface area contributed by atoms with E-state index in [2.05, 4.69) is 25.8 Å². The summed E-state index contributed by atoms with van der Waals surface area (Å²) < 4.78 is 17.8. The number of carbonyl (C=O) groups excluding carboxylic acids is 1. The van der Waals surface area contributed by atoms with Crippen LogP contribution in [0, 0.1) is 12.7 Å². The normalized spacial score (nSPS) is 10.3. The van der Waals surface area contributed by atoms with Gasteiger partial charge in [-0.05, 0) is 37.3 Å². The van der Waals surface area contributed by atoms with E-state index in [1.165, 1.54) is 24.4 Å². The van der Waals surface area contributed by atoms with Gasteiger partial charge in [0.2, 0.25) is 5.95 Å². The number of benzene rings is 1. The fraction of sp³-hybridized carbons (Fsp3) is 0.0667. The van der Waals surface area contributed by atoms with Crippen molar-refractivity contribution in [1.82, 2.24) is 15.1 Å². The SMILES string of the molecule is Cc1cc(NC(=O)c2ccnc(Nc3ccc(F)cc3)n2)no1. The first-order valence-electron chi connectivity index (χ1n) is 6.70.